The molecule has 4 aromatic rings. The van der Waals surface area contributed by atoms with Gasteiger partial charge in [-0.1, -0.05) is 48.0 Å². The van der Waals surface area contributed by atoms with Gasteiger partial charge in [0, 0.05) is 33.5 Å². The second-order valence-electron chi connectivity index (χ2n) is 5.81. The molecular formula is C20H15ClN2O2S. The van der Waals surface area contributed by atoms with E-state index in [0.29, 0.717) is 27.5 Å². The minimum Gasteiger partial charge on any atom is -0.496 e. The summed E-state index contributed by atoms with van der Waals surface area (Å²) in [5.74, 6) is 1.39. The van der Waals surface area contributed by atoms with E-state index in [1.807, 2.05) is 53.9 Å². The van der Waals surface area contributed by atoms with Crippen molar-refractivity contribution in [1.82, 2.24) is 9.97 Å². The van der Waals surface area contributed by atoms with E-state index < -0.39 is 0 Å². The molecule has 0 fully saturated rings. The fraction of sp³-hybridized carbons (Fsp3) is 0.100. The van der Waals surface area contributed by atoms with Crippen LogP contribution in [0.1, 0.15) is 11.4 Å². The van der Waals surface area contributed by atoms with Crippen molar-refractivity contribution >= 4 is 33.2 Å². The molecule has 26 heavy (non-hydrogen) atoms. The number of hydrogen-bond donors (Lipinski definition) is 1. The van der Waals surface area contributed by atoms with Crippen molar-refractivity contribution in [3.8, 4) is 16.9 Å². The van der Waals surface area contributed by atoms with Gasteiger partial charge in [0.05, 0.1) is 12.5 Å². The van der Waals surface area contributed by atoms with E-state index in [1.165, 1.54) is 11.3 Å². The molecule has 0 unspecified atom stereocenters. The molecule has 0 saturated heterocycles. The lowest BCUT2D eigenvalue weighted by Gasteiger charge is -2.08. The highest BCUT2D eigenvalue weighted by Crippen LogP contribution is 2.35. The van der Waals surface area contributed by atoms with Crippen LogP contribution >= 0.6 is 22.9 Å². The van der Waals surface area contributed by atoms with Crippen molar-refractivity contribution in [1.29, 1.82) is 0 Å². The monoisotopic (exact) mass is 382 g/mol. The number of rotatable bonds is 4. The maximum absolute atomic E-state index is 12.7. The molecular weight excluding hydrogens is 368 g/mol. The highest BCUT2D eigenvalue weighted by atomic mass is 35.5. The third kappa shape index (κ3) is 3.00. The molecule has 2 aromatic carbocycles. The second kappa shape index (κ2) is 6.94. The first-order valence-electron chi connectivity index (χ1n) is 8.04. The van der Waals surface area contributed by atoms with Crippen LogP contribution in [0.3, 0.4) is 0 Å². The topological polar surface area (TPSA) is 55.0 Å². The summed E-state index contributed by atoms with van der Waals surface area (Å²) >= 11 is 7.74. The van der Waals surface area contributed by atoms with Crippen LogP contribution in [0.4, 0.5) is 0 Å². The third-order valence-corrected chi connectivity index (χ3v) is 5.41. The van der Waals surface area contributed by atoms with Crippen molar-refractivity contribution in [3.63, 3.8) is 0 Å². The van der Waals surface area contributed by atoms with Gasteiger partial charge >= 0.3 is 0 Å². The molecule has 4 rings (SSSR count). The van der Waals surface area contributed by atoms with Gasteiger partial charge in [-0.05, 0) is 12.1 Å². The summed E-state index contributed by atoms with van der Waals surface area (Å²) in [5, 5.41) is 3.12. The summed E-state index contributed by atoms with van der Waals surface area (Å²) in [6, 6.07) is 15.2. The number of nitrogens with zero attached hydrogens (tertiary/aromatic N) is 1. The van der Waals surface area contributed by atoms with Gasteiger partial charge in [0.1, 0.15) is 16.4 Å². The Labute approximate surface area is 159 Å². The number of halogens is 1. The molecule has 2 heterocycles. The zero-order valence-corrected chi connectivity index (χ0v) is 15.5. The van der Waals surface area contributed by atoms with Gasteiger partial charge in [-0.2, -0.15) is 0 Å². The molecule has 6 heteroatoms. The molecule has 0 saturated carbocycles. The normalized spacial score (nSPS) is 11.0. The summed E-state index contributed by atoms with van der Waals surface area (Å²) in [5.41, 5.74) is 2.47. The van der Waals surface area contributed by atoms with Gasteiger partial charge in [-0.15, -0.1) is 11.3 Å². The minimum absolute atomic E-state index is 0.156. The number of ether oxygens (including phenoxy) is 1. The summed E-state index contributed by atoms with van der Waals surface area (Å²) in [4.78, 5) is 21.0. The van der Waals surface area contributed by atoms with Crippen LogP contribution in [0.25, 0.3) is 21.3 Å². The van der Waals surface area contributed by atoms with Crippen LogP contribution < -0.4 is 10.3 Å². The minimum atomic E-state index is -0.156. The van der Waals surface area contributed by atoms with E-state index in [4.69, 9.17) is 16.3 Å². The lowest BCUT2D eigenvalue weighted by atomic mass is 10.1. The molecule has 130 valence electrons. The Morgan fingerprint density at radius 2 is 1.88 bits per heavy atom. The Morgan fingerprint density at radius 1 is 1.12 bits per heavy atom. The Hall–Kier alpha value is -2.63. The molecule has 2 aromatic heterocycles. The SMILES string of the molecule is COc1ccccc1Cc1nc2scc(-c3ccccc3Cl)c2c(=O)[nH]1. The number of H-pyrrole nitrogens is 1. The molecule has 0 radical (unpaired) electrons. The van der Waals surface area contributed by atoms with Crippen molar-refractivity contribution in [3.05, 3.63) is 80.7 Å². The maximum atomic E-state index is 12.7. The van der Waals surface area contributed by atoms with Gasteiger partial charge in [-0.3, -0.25) is 4.79 Å². The average Bonchev–Trinajstić information content (AvgIpc) is 3.07. The second-order valence-corrected chi connectivity index (χ2v) is 7.08. The molecule has 0 spiro atoms. The van der Waals surface area contributed by atoms with E-state index in [0.717, 1.165) is 22.4 Å². The predicted octanol–water partition coefficient (Wildman–Crippen LogP) is 4.90. The van der Waals surface area contributed by atoms with E-state index in [1.54, 1.807) is 7.11 Å². The van der Waals surface area contributed by atoms with E-state index in [2.05, 4.69) is 9.97 Å². The molecule has 0 aliphatic heterocycles. The van der Waals surface area contributed by atoms with Crippen LogP contribution in [0.15, 0.2) is 58.7 Å². The maximum Gasteiger partial charge on any atom is 0.260 e. The first-order valence-corrected chi connectivity index (χ1v) is 9.30. The molecule has 4 nitrogen and oxygen atoms in total. The van der Waals surface area contributed by atoms with Crippen LogP contribution in [0.5, 0.6) is 5.75 Å². The zero-order chi connectivity index (χ0) is 18.1. The van der Waals surface area contributed by atoms with E-state index >= 15 is 0 Å². The molecule has 1 N–H and O–H groups in total. The van der Waals surface area contributed by atoms with Gasteiger partial charge in [0.15, 0.2) is 0 Å². The number of methoxy groups -OCH3 is 1. The fourth-order valence-electron chi connectivity index (χ4n) is 2.98. The molecule has 0 atom stereocenters. The van der Waals surface area contributed by atoms with Crippen molar-refractivity contribution in [2.45, 2.75) is 6.42 Å². The van der Waals surface area contributed by atoms with E-state index in [-0.39, 0.29) is 5.56 Å². The first kappa shape index (κ1) is 16.8. The molecule has 0 aliphatic carbocycles. The summed E-state index contributed by atoms with van der Waals surface area (Å²) in [6.07, 6.45) is 0.495. The number of para-hydroxylation sites is 1. The lowest BCUT2D eigenvalue weighted by molar-refractivity contribution is 0.410. The molecule has 0 amide bonds. The Balaban J connectivity index is 1.80. The van der Waals surface area contributed by atoms with Crippen LogP contribution in [-0.2, 0) is 6.42 Å². The lowest BCUT2D eigenvalue weighted by Crippen LogP contribution is -2.12. The van der Waals surface area contributed by atoms with Gasteiger partial charge in [0.2, 0.25) is 0 Å². The quantitative estimate of drug-likeness (QED) is 0.546. The number of nitrogens with one attached hydrogen (secondary N) is 1. The first-order chi connectivity index (χ1) is 12.7. The average molecular weight is 383 g/mol. The number of thiophene rings is 1. The highest BCUT2D eigenvalue weighted by Gasteiger charge is 2.15. The van der Waals surface area contributed by atoms with E-state index in [9.17, 15) is 4.79 Å². The smallest absolute Gasteiger partial charge is 0.260 e. The van der Waals surface area contributed by atoms with Crippen LogP contribution in [0.2, 0.25) is 5.02 Å². The van der Waals surface area contributed by atoms with Crippen LogP contribution in [-0.4, -0.2) is 17.1 Å². The standard InChI is InChI=1S/C20H15ClN2O2S/c1-25-16-9-5-2-6-12(16)10-17-22-19(24)18-14(11-26-20(18)23-17)13-7-3-4-8-15(13)21/h2-9,11H,10H2,1H3,(H,22,23,24). The highest BCUT2D eigenvalue weighted by molar-refractivity contribution is 7.17. The molecule has 0 bridgehead atoms. The number of benzene rings is 2. The van der Waals surface area contributed by atoms with Gasteiger partial charge < -0.3 is 9.72 Å². The van der Waals surface area contributed by atoms with Crippen molar-refractivity contribution in [2.75, 3.05) is 7.11 Å². The summed E-state index contributed by atoms with van der Waals surface area (Å²) in [7, 11) is 1.63. The number of fused-ring (bicyclic) bond motifs is 1. The fourth-order valence-corrected chi connectivity index (χ4v) is 4.18. The predicted molar refractivity (Wildman–Crippen MR) is 106 cm³/mol. The Bertz CT molecular complexity index is 1150. The van der Waals surface area contributed by atoms with Gasteiger partial charge in [-0.25, -0.2) is 4.98 Å². The Morgan fingerprint density at radius 3 is 2.69 bits per heavy atom. The van der Waals surface area contributed by atoms with Gasteiger partial charge in [0.25, 0.3) is 5.56 Å². The number of aromatic nitrogens is 2. The largest absolute Gasteiger partial charge is 0.496 e. The summed E-state index contributed by atoms with van der Waals surface area (Å²) < 4.78 is 5.38. The number of hydrogen-bond acceptors (Lipinski definition) is 4. The zero-order valence-electron chi connectivity index (χ0n) is 14.0. The Kier molecular flexibility index (Phi) is 4.49. The summed E-state index contributed by atoms with van der Waals surface area (Å²) in [6.45, 7) is 0. The third-order valence-electron chi connectivity index (χ3n) is 4.21. The number of aromatic amines is 1. The van der Waals surface area contributed by atoms with Crippen molar-refractivity contribution in [2.24, 2.45) is 0 Å². The molecule has 0 aliphatic rings. The van der Waals surface area contributed by atoms with Crippen LogP contribution in [0, 0.1) is 0 Å². The van der Waals surface area contributed by atoms with Crippen molar-refractivity contribution < 1.29 is 4.74 Å².